The molecule has 1 aromatic rings. The Morgan fingerprint density at radius 2 is 2.07 bits per heavy atom. The summed E-state index contributed by atoms with van der Waals surface area (Å²) in [5.74, 6) is -1.44. The van der Waals surface area contributed by atoms with Crippen LogP contribution < -0.4 is 0 Å². The fourth-order valence-corrected chi connectivity index (χ4v) is 1.53. The van der Waals surface area contributed by atoms with E-state index in [9.17, 15) is 9.90 Å². The van der Waals surface area contributed by atoms with Crippen LogP contribution in [0.15, 0.2) is 24.3 Å². The van der Waals surface area contributed by atoms with Gasteiger partial charge in [0.25, 0.3) is 0 Å². The van der Waals surface area contributed by atoms with Crippen LogP contribution in [0.25, 0.3) is 0 Å². The number of carboxylic acid groups (broad SMARTS) is 1. The van der Waals surface area contributed by atoms with Crippen LogP contribution in [0, 0.1) is 0 Å². The van der Waals surface area contributed by atoms with E-state index in [2.05, 4.69) is 15.9 Å². The molecule has 1 aromatic carbocycles. The summed E-state index contributed by atoms with van der Waals surface area (Å²) in [5.41, 5.74) is 1.30. The molecule has 4 nitrogen and oxygen atoms in total. The molecule has 0 radical (unpaired) electrons. The van der Waals surface area contributed by atoms with Gasteiger partial charge in [0.2, 0.25) is 0 Å². The Kier molecular flexibility index (Phi) is 4.26. The number of aliphatic carboxylic acids is 1. The number of aliphatic hydroxyl groups excluding tert-OH is 2. The standard InChI is InChI=1S/C10H11BrO4/c11-5-6-2-1-3-7(4-6)8(12)9(13)10(14)15/h1-4,8-9,12-13H,5H2,(H,14,15). The van der Waals surface area contributed by atoms with Crippen LogP contribution in [0.2, 0.25) is 0 Å². The Morgan fingerprint density at radius 3 is 2.60 bits per heavy atom. The zero-order valence-electron chi connectivity index (χ0n) is 7.80. The lowest BCUT2D eigenvalue weighted by molar-refractivity contribution is -0.153. The van der Waals surface area contributed by atoms with Crippen LogP contribution >= 0.6 is 15.9 Å². The van der Waals surface area contributed by atoms with E-state index in [1.54, 1.807) is 18.2 Å². The quantitative estimate of drug-likeness (QED) is 0.718. The fraction of sp³-hybridized carbons (Fsp3) is 0.300. The van der Waals surface area contributed by atoms with Gasteiger partial charge in [-0.2, -0.15) is 0 Å². The lowest BCUT2D eigenvalue weighted by atomic mass is 10.0. The van der Waals surface area contributed by atoms with Crippen molar-refractivity contribution < 1.29 is 20.1 Å². The first kappa shape index (κ1) is 12.2. The predicted molar refractivity (Wildman–Crippen MR) is 57.7 cm³/mol. The molecule has 0 aliphatic heterocycles. The molecule has 3 N–H and O–H groups in total. The Morgan fingerprint density at radius 1 is 1.40 bits per heavy atom. The summed E-state index contributed by atoms with van der Waals surface area (Å²) in [7, 11) is 0. The predicted octanol–water partition coefficient (Wildman–Crippen LogP) is 1.06. The van der Waals surface area contributed by atoms with Crippen LogP contribution in [0.4, 0.5) is 0 Å². The summed E-state index contributed by atoms with van der Waals surface area (Å²) < 4.78 is 0. The normalized spacial score (nSPS) is 14.6. The molecular formula is C10H11BrO4. The van der Waals surface area contributed by atoms with Crippen LogP contribution in [0.3, 0.4) is 0 Å². The molecule has 0 aliphatic rings. The van der Waals surface area contributed by atoms with Crippen molar-refractivity contribution >= 4 is 21.9 Å². The maximum atomic E-state index is 10.4. The zero-order chi connectivity index (χ0) is 11.4. The molecule has 0 spiro atoms. The Labute approximate surface area is 95.3 Å². The Balaban J connectivity index is 2.90. The van der Waals surface area contributed by atoms with Crippen LogP contribution in [0.1, 0.15) is 17.2 Å². The second-order valence-corrected chi connectivity index (χ2v) is 3.67. The molecule has 2 atom stereocenters. The molecule has 5 heteroatoms. The monoisotopic (exact) mass is 274 g/mol. The van der Waals surface area contributed by atoms with Crippen molar-refractivity contribution in [1.29, 1.82) is 0 Å². The van der Waals surface area contributed by atoms with Gasteiger partial charge in [-0.1, -0.05) is 40.2 Å². The number of halogens is 1. The maximum absolute atomic E-state index is 10.4. The second kappa shape index (κ2) is 5.25. The van der Waals surface area contributed by atoms with E-state index < -0.39 is 18.2 Å². The molecule has 2 unspecified atom stereocenters. The van der Waals surface area contributed by atoms with Crippen molar-refractivity contribution in [2.45, 2.75) is 17.5 Å². The molecule has 0 aliphatic carbocycles. The van der Waals surface area contributed by atoms with Gasteiger partial charge >= 0.3 is 5.97 Å². The van der Waals surface area contributed by atoms with Gasteiger partial charge in [0.05, 0.1) is 0 Å². The first-order valence-electron chi connectivity index (χ1n) is 4.30. The summed E-state index contributed by atoms with van der Waals surface area (Å²) in [6.45, 7) is 0. The Bertz CT molecular complexity index is 353. The van der Waals surface area contributed by atoms with Crippen molar-refractivity contribution in [2.75, 3.05) is 0 Å². The van der Waals surface area contributed by atoms with Crippen molar-refractivity contribution in [2.24, 2.45) is 0 Å². The van der Waals surface area contributed by atoms with E-state index in [0.29, 0.717) is 10.9 Å². The summed E-state index contributed by atoms with van der Waals surface area (Å²) in [6.07, 6.45) is -3.20. The molecule has 0 bridgehead atoms. The third-order valence-corrected chi connectivity index (χ3v) is 2.65. The van der Waals surface area contributed by atoms with E-state index in [4.69, 9.17) is 10.2 Å². The Hall–Kier alpha value is -0.910. The molecule has 0 aromatic heterocycles. The topological polar surface area (TPSA) is 77.8 Å². The van der Waals surface area contributed by atoms with E-state index in [0.717, 1.165) is 5.56 Å². The summed E-state index contributed by atoms with van der Waals surface area (Å²) in [6, 6.07) is 6.75. The van der Waals surface area contributed by atoms with Crippen molar-refractivity contribution in [1.82, 2.24) is 0 Å². The summed E-state index contributed by atoms with van der Waals surface area (Å²) >= 11 is 3.25. The van der Waals surface area contributed by atoms with E-state index in [1.165, 1.54) is 0 Å². The first-order chi connectivity index (χ1) is 7.06. The summed E-state index contributed by atoms with van der Waals surface area (Å²) in [5, 5.41) is 27.8. The third kappa shape index (κ3) is 3.02. The summed E-state index contributed by atoms with van der Waals surface area (Å²) in [4.78, 5) is 10.4. The minimum atomic E-state index is -1.80. The van der Waals surface area contributed by atoms with E-state index in [1.807, 2.05) is 6.07 Å². The highest BCUT2D eigenvalue weighted by Gasteiger charge is 2.24. The first-order valence-corrected chi connectivity index (χ1v) is 5.42. The van der Waals surface area contributed by atoms with Gasteiger partial charge < -0.3 is 15.3 Å². The van der Waals surface area contributed by atoms with Crippen molar-refractivity contribution in [3.63, 3.8) is 0 Å². The average Bonchev–Trinajstić information content (AvgIpc) is 2.27. The van der Waals surface area contributed by atoms with Crippen molar-refractivity contribution in [3.8, 4) is 0 Å². The number of benzene rings is 1. The van der Waals surface area contributed by atoms with Crippen LogP contribution in [0.5, 0.6) is 0 Å². The van der Waals surface area contributed by atoms with Gasteiger partial charge in [-0.15, -0.1) is 0 Å². The molecule has 0 fully saturated rings. The van der Waals surface area contributed by atoms with Gasteiger partial charge in [-0.25, -0.2) is 4.79 Å². The van der Waals surface area contributed by atoms with Crippen molar-refractivity contribution in [3.05, 3.63) is 35.4 Å². The largest absolute Gasteiger partial charge is 0.479 e. The number of hydrogen-bond donors (Lipinski definition) is 3. The zero-order valence-corrected chi connectivity index (χ0v) is 9.39. The molecular weight excluding hydrogens is 264 g/mol. The second-order valence-electron chi connectivity index (χ2n) is 3.11. The van der Waals surface area contributed by atoms with Gasteiger partial charge in [0.15, 0.2) is 6.10 Å². The highest BCUT2D eigenvalue weighted by molar-refractivity contribution is 9.08. The molecule has 0 saturated carbocycles. The minimum Gasteiger partial charge on any atom is -0.479 e. The number of alkyl halides is 1. The maximum Gasteiger partial charge on any atom is 0.335 e. The van der Waals surface area contributed by atoms with Gasteiger partial charge in [-0.3, -0.25) is 0 Å². The van der Waals surface area contributed by atoms with Crippen LogP contribution in [-0.2, 0) is 10.1 Å². The fourth-order valence-electron chi connectivity index (χ4n) is 1.18. The lowest BCUT2D eigenvalue weighted by Crippen LogP contribution is -2.27. The average molecular weight is 275 g/mol. The number of rotatable bonds is 4. The molecule has 0 heterocycles. The molecule has 82 valence electrons. The molecule has 0 amide bonds. The molecule has 1 rings (SSSR count). The molecule has 15 heavy (non-hydrogen) atoms. The third-order valence-electron chi connectivity index (χ3n) is 2.00. The van der Waals surface area contributed by atoms with Gasteiger partial charge in [-0.05, 0) is 11.1 Å². The number of carbonyl (C=O) groups is 1. The molecule has 0 saturated heterocycles. The highest BCUT2D eigenvalue weighted by atomic mass is 79.9. The SMILES string of the molecule is O=C(O)C(O)C(O)c1cccc(CBr)c1. The van der Waals surface area contributed by atoms with Gasteiger partial charge in [0, 0.05) is 5.33 Å². The van der Waals surface area contributed by atoms with Gasteiger partial charge in [0.1, 0.15) is 6.10 Å². The van der Waals surface area contributed by atoms with E-state index in [-0.39, 0.29) is 0 Å². The lowest BCUT2D eigenvalue weighted by Gasteiger charge is -2.14. The number of carboxylic acids is 1. The number of aliphatic hydroxyl groups is 2. The van der Waals surface area contributed by atoms with Crippen LogP contribution in [-0.4, -0.2) is 27.4 Å². The minimum absolute atomic E-state index is 0.391. The number of hydrogen-bond acceptors (Lipinski definition) is 3. The smallest absolute Gasteiger partial charge is 0.335 e. The highest BCUT2D eigenvalue weighted by Crippen LogP contribution is 2.19. The van der Waals surface area contributed by atoms with E-state index >= 15 is 0 Å².